The summed E-state index contributed by atoms with van der Waals surface area (Å²) >= 11 is 0. The van der Waals surface area contributed by atoms with Gasteiger partial charge in [0.15, 0.2) is 11.7 Å². The molecular formula is C16H23N7O2. The summed E-state index contributed by atoms with van der Waals surface area (Å²) < 4.78 is 5.28. The van der Waals surface area contributed by atoms with Gasteiger partial charge in [-0.25, -0.2) is 4.98 Å². The van der Waals surface area contributed by atoms with Gasteiger partial charge in [-0.3, -0.25) is 14.9 Å². The molecule has 3 rings (SSSR count). The van der Waals surface area contributed by atoms with Crippen molar-refractivity contribution < 1.29 is 9.21 Å². The second kappa shape index (κ2) is 7.82. The van der Waals surface area contributed by atoms with Gasteiger partial charge in [0.1, 0.15) is 5.82 Å². The van der Waals surface area contributed by atoms with Crippen LogP contribution in [0.3, 0.4) is 0 Å². The first-order chi connectivity index (χ1) is 12.2. The van der Waals surface area contributed by atoms with Crippen LogP contribution in [0.15, 0.2) is 27.8 Å². The Kier molecular flexibility index (Phi) is 5.32. The number of nitrogens with zero attached hydrogens (tertiary/aromatic N) is 4. The van der Waals surface area contributed by atoms with E-state index in [1.807, 2.05) is 6.07 Å². The summed E-state index contributed by atoms with van der Waals surface area (Å²) in [5, 5.41) is 10.3. The van der Waals surface area contributed by atoms with Gasteiger partial charge in [-0.2, -0.15) is 0 Å². The Morgan fingerprint density at radius 2 is 2.48 bits per heavy atom. The maximum atomic E-state index is 11.2. The van der Waals surface area contributed by atoms with E-state index in [1.165, 1.54) is 0 Å². The van der Waals surface area contributed by atoms with Crippen molar-refractivity contribution in [3.8, 4) is 11.6 Å². The first kappa shape index (κ1) is 17.0. The number of piperidine rings is 1. The number of amides is 1. The molecule has 1 fully saturated rings. The van der Waals surface area contributed by atoms with Gasteiger partial charge in [0, 0.05) is 26.6 Å². The van der Waals surface area contributed by atoms with Crippen LogP contribution < -0.4 is 11.1 Å². The average Bonchev–Trinajstić information content (AvgIpc) is 3.26. The van der Waals surface area contributed by atoms with Crippen molar-refractivity contribution in [2.75, 3.05) is 20.1 Å². The molecule has 2 aromatic rings. The molecule has 0 aliphatic carbocycles. The molecular weight excluding hydrogens is 322 g/mol. The monoisotopic (exact) mass is 345 g/mol. The van der Waals surface area contributed by atoms with E-state index >= 15 is 0 Å². The summed E-state index contributed by atoms with van der Waals surface area (Å²) in [6.07, 6.45) is 4.04. The molecule has 0 spiro atoms. The number of primary amides is 1. The fourth-order valence-corrected chi connectivity index (χ4v) is 3.09. The summed E-state index contributed by atoms with van der Waals surface area (Å²) in [5.41, 5.74) is 5.32. The number of hydrogen-bond acceptors (Lipinski definition) is 5. The first-order valence-corrected chi connectivity index (χ1v) is 8.34. The average molecular weight is 345 g/mol. The Labute approximate surface area is 145 Å². The Bertz CT molecular complexity index is 723. The van der Waals surface area contributed by atoms with Gasteiger partial charge < -0.3 is 20.4 Å². The van der Waals surface area contributed by atoms with Crippen LogP contribution in [0, 0.1) is 5.92 Å². The number of aliphatic imine (C=N–C) groups is 1. The predicted octanol–water partition coefficient (Wildman–Crippen LogP) is 0.728. The third-order valence-electron chi connectivity index (χ3n) is 4.21. The normalized spacial score (nSPS) is 18.4. The summed E-state index contributed by atoms with van der Waals surface area (Å²) in [7, 11) is 1.74. The standard InChI is InChI=1S/C16H23N7O2/c1-18-16(23-6-2-4-11(10-23)8-13(17)24)19-9-14-20-15(22-21-14)12-5-3-7-25-12/h3,5,7,11H,2,4,6,8-10H2,1H3,(H2,17,24)(H,18,19)(H,20,21,22). The molecule has 1 amide bonds. The van der Waals surface area contributed by atoms with Gasteiger partial charge >= 0.3 is 0 Å². The number of nitrogens with two attached hydrogens (primary N) is 1. The lowest BCUT2D eigenvalue weighted by atomic mass is 9.95. The third kappa shape index (κ3) is 4.37. The molecule has 1 atom stereocenters. The smallest absolute Gasteiger partial charge is 0.217 e. The number of guanidine groups is 1. The van der Waals surface area contributed by atoms with Crippen LogP contribution in [-0.2, 0) is 11.3 Å². The number of carbonyl (C=O) groups is 1. The van der Waals surface area contributed by atoms with E-state index in [-0.39, 0.29) is 11.8 Å². The molecule has 3 heterocycles. The van der Waals surface area contributed by atoms with Crippen molar-refractivity contribution in [2.45, 2.75) is 25.8 Å². The molecule has 0 saturated carbocycles. The van der Waals surface area contributed by atoms with Gasteiger partial charge in [-0.1, -0.05) is 0 Å². The van der Waals surface area contributed by atoms with Crippen molar-refractivity contribution >= 4 is 11.9 Å². The second-order valence-corrected chi connectivity index (χ2v) is 6.11. The number of aromatic amines is 1. The molecule has 4 N–H and O–H groups in total. The van der Waals surface area contributed by atoms with Crippen LogP contribution in [0.4, 0.5) is 0 Å². The molecule has 2 aromatic heterocycles. The van der Waals surface area contributed by atoms with Crippen molar-refractivity contribution in [2.24, 2.45) is 16.6 Å². The number of rotatable bonds is 5. The predicted molar refractivity (Wildman–Crippen MR) is 92.4 cm³/mol. The van der Waals surface area contributed by atoms with Crippen LogP contribution in [0.25, 0.3) is 11.6 Å². The number of hydrogen-bond donors (Lipinski definition) is 3. The quantitative estimate of drug-likeness (QED) is 0.542. The molecule has 0 radical (unpaired) electrons. The zero-order valence-corrected chi connectivity index (χ0v) is 14.2. The minimum absolute atomic E-state index is 0.248. The fourth-order valence-electron chi connectivity index (χ4n) is 3.09. The lowest BCUT2D eigenvalue weighted by molar-refractivity contribution is -0.119. The Balaban J connectivity index is 1.56. The zero-order chi connectivity index (χ0) is 17.6. The lowest BCUT2D eigenvalue weighted by Gasteiger charge is -2.34. The summed E-state index contributed by atoms with van der Waals surface area (Å²) in [5.74, 6) is 2.65. The van der Waals surface area contributed by atoms with Crippen LogP contribution >= 0.6 is 0 Å². The van der Waals surface area contributed by atoms with Crippen LogP contribution in [0.2, 0.25) is 0 Å². The van der Waals surface area contributed by atoms with Crippen LogP contribution in [0.1, 0.15) is 25.1 Å². The molecule has 0 bridgehead atoms. The molecule has 9 heteroatoms. The number of furan rings is 1. The van der Waals surface area contributed by atoms with Gasteiger partial charge in [0.2, 0.25) is 11.7 Å². The Morgan fingerprint density at radius 1 is 1.60 bits per heavy atom. The molecule has 25 heavy (non-hydrogen) atoms. The second-order valence-electron chi connectivity index (χ2n) is 6.11. The van der Waals surface area contributed by atoms with E-state index in [9.17, 15) is 4.79 Å². The summed E-state index contributed by atoms with van der Waals surface area (Å²) in [6, 6.07) is 3.61. The van der Waals surface area contributed by atoms with Gasteiger partial charge in [0.25, 0.3) is 0 Å². The first-order valence-electron chi connectivity index (χ1n) is 8.34. The molecule has 0 aromatic carbocycles. The lowest BCUT2D eigenvalue weighted by Crippen LogP contribution is -2.47. The SMILES string of the molecule is CN=C(NCc1nc(-c2ccco2)n[nH]1)N1CCCC(CC(N)=O)C1. The molecule has 1 saturated heterocycles. The highest BCUT2D eigenvalue weighted by Gasteiger charge is 2.23. The highest BCUT2D eigenvalue weighted by Crippen LogP contribution is 2.19. The van der Waals surface area contributed by atoms with E-state index in [1.54, 1.807) is 19.4 Å². The fraction of sp³-hybridized carbons (Fsp3) is 0.500. The third-order valence-corrected chi connectivity index (χ3v) is 4.21. The highest BCUT2D eigenvalue weighted by atomic mass is 16.3. The minimum atomic E-state index is -0.248. The molecule has 1 unspecified atom stereocenters. The zero-order valence-electron chi connectivity index (χ0n) is 14.2. The minimum Gasteiger partial charge on any atom is -0.461 e. The van der Waals surface area contributed by atoms with E-state index in [0.717, 1.165) is 31.9 Å². The summed E-state index contributed by atoms with van der Waals surface area (Å²) in [6.45, 7) is 2.15. The summed E-state index contributed by atoms with van der Waals surface area (Å²) in [4.78, 5) is 22.0. The number of nitrogens with one attached hydrogen (secondary N) is 2. The molecule has 1 aliphatic rings. The van der Waals surface area contributed by atoms with E-state index < -0.39 is 0 Å². The number of likely N-dealkylation sites (tertiary alicyclic amines) is 1. The molecule has 134 valence electrons. The maximum Gasteiger partial charge on any atom is 0.217 e. The van der Waals surface area contributed by atoms with Gasteiger partial charge in [-0.15, -0.1) is 5.10 Å². The van der Waals surface area contributed by atoms with Crippen molar-refractivity contribution in [3.63, 3.8) is 0 Å². The Morgan fingerprint density at radius 3 is 3.20 bits per heavy atom. The van der Waals surface area contributed by atoms with Crippen molar-refractivity contribution in [1.82, 2.24) is 25.4 Å². The number of carbonyl (C=O) groups excluding carboxylic acids is 1. The largest absolute Gasteiger partial charge is 0.461 e. The number of aromatic nitrogens is 3. The van der Waals surface area contributed by atoms with Gasteiger partial charge in [-0.05, 0) is 30.9 Å². The van der Waals surface area contributed by atoms with E-state index in [0.29, 0.717) is 30.4 Å². The number of H-pyrrole nitrogens is 1. The highest BCUT2D eigenvalue weighted by molar-refractivity contribution is 5.80. The van der Waals surface area contributed by atoms with Crippen molar-refractivity contribution in [3.05, 3.63) is 24.2 Å². The molecule has 1 aliphatic heterocycles. The molecule has 9 nitrogen and oxygen atoms in total. The van der Waals surface area contributed by atoms with Crippen LogP contribution in [-0.4, -0.2) is 52.1 Å². The van der Waals surface area contributed by atoms with Crippen molar-refractivity contribution in [1.29, 1.82) is 0 Å². The maximum absolute atomic E-state index is 11.2. The van der Waals surface area contributed by atoms with Crippen LogP contribution in [0.5, 0.6) is 0 Å². The Hall–Kier alpha value is -2.84. The van der Waals surface area contributed by atoms with Gasteiger partial charge in [0.05, 0.1) is 12.8 Å². The topological polar surface area (TPSA) is 125 Å². The van der Waals surface area contributed by atoms with E-state index in [4.69, 9.17) is 10.2 Å². The van der Waals surface area contributed by atoms with E-state index in [2.05, 4.69) is 30.4 Å².